The number of carboxylic acids is 1. The van der Waals surface area contributed by atoms with Crippen molar-refractivity contribution < 1.29 is 18.3 Å². The fraction of sp³-hybridized carbons (Fsp3) is 0.357. The van der Waals surface area contributed by atoms with Crippen LogP contribution in [-0.4, -0.2) is 45.9 Å². The number of H-pyrrole nitrogens is 1. The summed E-state index contributed by atoms with van der Waals surface area (Å²) in [5.74, 6) is -1.20. The molecule has 9 nitrogen and oxygen atoms in total. The Morgan fingerprint density at radius 3 is 2.71 bits per heavy atom. The van der Waals surface area contributed by atoms with Gasteiger partial charge < -0.3 is 10.1 Å². The first-order valence-electron chi connectivity index (χ1n) is 7.21. The SMILES string of the molecule is Cn1c(=O)[nH]c2ccc(S(=O)(=O)N3CCC[C@H]3C(=O)O)cc2c1=O. The molecule has 0 radical (unpaired) electrons. The Balaban J connectivity index is 2.17. The first kappa shape index (κ1) is 16.4. The number of aromatic amines is 1. The van der Waals surface area contributed by atoms with Crippen LogP contribution in [0.2, 0.25) is 0 Å². The molecule has 10 heteroatoms. The lowest BCUT2D eigenvalue weighted by atomic mass is 10.2. The summed E-state index contributed by atoms with van der Waals surface area (Å²) < 4.78 is 27.3. The number of rotatable bonds is 3. The number of nitrogens with one attached hydrogen (secondary N) is 1. The Morgan fingerprint density at radius 2 is 2.04 bits per heavy atom. The molecule has 3 rings (SSSR count). The molecular formula is C14H15N3O6S. The van der Waals surface area contributed by atoms with E-state index in [1.807, 2.05) is 0 Å². The second kappa shape index (κ2) is 5.56. The molecule has 1 aliphatic rings. The van der Waals surface area contributed by atoms with Gasteiger partial charge in [-0.2, -0.15) is 4.31 Å². The first-order chi connectivity index (χ1) is 11.2. The molecule has 2 heterocycles. The summed E-state index contributed by atoms with van der Waals surface area (Å²) in [7, 11) is -2.77. The highest BCUT2D eigenvalue weighted by molar-refractivity contribution is 7.89. The van der Waals surface area contributed by atoms with Gasteiger partial charge in [0.25, 0.3) is 5.56 Å². The van der Waals surface area contributed by atoms with E-state index in [2.05, 4.69) is 4.98 Å². The van der Waals surface area contributed by atoms with Gasteiger partial charge in [0.05, 0.1) is 15.8 Å². The number of carboxylic acid groups (broad SMARTS) is 1. The minimum atomic E-state index is -4.05. The highest BCUT2D eigenvalue weighted by atomic mass is 32.2. The maximum absolute atomic E-state index is 12.7. The van der Waals surface area contributed by atoms with Gasteiger partial charge in [-0.3, -0.25) is 14.2 Å². The maximum Gasteiger partial charge on any atom is 0.328 e. The minimum absolute atomic E-state index is 0.0456. The molecule has 2 N–H and O–H groups in total. The van der Waals surface area contributed by atoms with Gasteiger partial charge in [0.2, 0.25) is 10.0 Å². The van der Waals surface area contributed by atoms with Gasteiger partial charge in [0.15, 0.2) is 0 Å². The van der Waals surface area contributed by atoms with E-state index in [0.717, 1.165) is 8.87 Å². The number of hydrogen-bond acceptors (Lipinski definition) is 5. The molecule has 128 valence electrons. The van der Waals surface area contributed by atoms with E-state index in [0.29, 0.717) is 6.42 Å². The fourth-order valence-electron chi connectivity index (χ4n) is 2.85. The van der Waals surface area contributed by atoms with Crippen LogP contribution in [-0.2, 0) is 21.9 Å². The average molecular weight is 353 g/mol. The number of sulfonamides is 1. The molecule has 24 heavy (non-hydrogen) atoms. The van der Waals surface area contributed by atoms with Crippen molar-refractivity contribution in [3.63, 3.8) is 0 Å². The van der Waals surface area contributed by atoms with Crippen molar-refractivity contribution in [3.05, 3.63) is 39.0 Å². The molecule has 1 aromatic heterocycles. The predicted octanol–water partition coefficient (Wildman–Crippen LogP) is -0.535. The van der Waals surface area contributed by atoms with Gasteiger partial charge in [-0.05, 0) is 31.0 Å². The lowest BCUT2D eigenvalue weighted by Gasteiger charge is -2.21. The molecule has 2 aromatic rings. The third-order valence-electron chi connectivity index (χ3n) is 4.17. The molecule has 0 unspecified atom stereocenters. The fourth-order valence-corrected chi connectivity index (χ4v) is 4.53. The highest BCUT2D eigenvalue weighted by Crippen LogP contribution is 2.27. The summed E-state index contributed by atoms with van der Waals surface area (Å²) >= 11 is 0. The Kier molecular flexibility index (Phi) is 3.80. The van der Waals surface area contributed by atoms with E-state index < -0.39 is 33.3 Å². The van der Waals surface area contributed by atoms with E-state index in [9.17, 15) is 27.9 Å². The summed E-state index contributed by atoms with van der Waals surface area (Å²) in [6, 6.07) is 2.64. The summed E-state index contributed by atoms with van der Waals surface area (Å²) in [5.41, 5.74) is -1.01. The molecule has 1 aromatic carbocycles. The zero-order chi connectivity index (χ0) is 17.6. The van der Waals surface area contributed by atoms with Crippen molar-refractivity contribution in [2.24, 2.45) is 7.05 Å². The molecule has 1 fully saturated rings. The zero-order valence-corrected chi connectivity index (χ0v) is 13.5. The number of carbonyl (C=O) groups is 1. The predicted molar refractivity (Wildman–Crippen MR) is 84.4 cm³/mol. The van der Waals surface area contributed by atoms with Gasteiger partial charge >= 0.3 is 11.7 Å². The van der Waals surface area contributed by atoms with E-state index in [1.54, 1.807) is 0 Å². The van der Waals surface area contributed by atoms with E-state index in [4.69, 9.17) is 0 Å². The largest absolute Gasteiger partial charge is 0.480 e. The number of aliphatic carboxylic acids is 1. The third kappa shape index (κ3) is 2.43. The second-order valence-electron chi connectivity index (χ2n) is 5.61. The van der Waals surface area contributed by atoms with Gasteiger partial charge in [-0.15, -0.1) is 0 Å². The molecule has 1 aliphatic heterocycles. The van der Waals surface area contributed by atoms with Gasteiger partial charge in [-0.25, -0.2) is 13.2 Å². The second-order valence-corrected chi connectivity index (χ2v) is 7.50. The molecular weight excluding hydrogens is 338 g/mol. The zero-order valence-electron chi connectivity index (χ0n) is 12.7. The van der Waals surface area contributed by atoms with Crippen molar-refractivity contribution in [1.82, 2.24) is 13.9 Å². The van der Waals surface area contributed by atoms with Crippen molar-refractivity contribution >= 4 is 26.9 Å². The Labute approximate surface area is 136 Å². The van der Waals surface area contributed by atoms with Crippen LogP contribution in [0, 0.1) is 0 Å². The third-order valence-corrected chi connectivity index (χ3v) is 6.07. The Morgan fingerprint density at radius 1 is 1.33 bits per heavy atom. The summed E-state index contributed by atoms with van der Waals surface area (Å²) in [5, 5.41) is 9.22. The maximum atomic E-state index is 12.7. The van der Waals surface area contributed by atoms with Crippen molar-refractivity contribution in [2.75, 3.05) is 6.54 Å². The Bertz CT molecular complexity index is 1050. The average Bonchev–Trinajstić information content (AvgIpc) is 3.03. The van der Waals surface area contributed by atoms with Crippen LogP contribution in [0.4, 0.5) is 0 Å². The van der Waals surface area contributed by atoms with Gasteiger partial charge in [0, 0.05) is 13.6 Å². The van der Waals surface area contributed by atoms with Crippen molar-refractivity contribution in [2.45, 2.75) is 23.8 Å². The lowest BCUT2D eigenvalue weighted by molar-refractivity contribution is -0.140. The van der Waals surface area contributed by atoms with Crippen LogP contribution in [0.5, 0.6) is 0 Å². The highest BCUT2D eigenvalue weighted by Gasteiger charge is 2.39. The van der Waals surface area contributed by atoms with Crippen LogP contribution in [0.1, 0.15) is 12.8 Å². The van der Waals surface area contributed by atoms with E-state index in [-0.39, 0.29) is 28.8 Å². The lowest BCUT2D eigenvalue weighted by Crippen LogP contribution is -2.40. The molecule has 0 aliphatic carbocycles. The number of hydrogen-bond donors (Lipinski definition) is 2. The van der Waals surface area contributed by atoms with Crippen molar-refractivity contribution in [3.8, 4) is 0 Å². The number of benzene rings is 1. The monoisotopic (exact) mass is 353 g/mol. The van der Waals surface area contributed by atoms with E-state index in [1.165, 1.54) is 25.2 Å². The number of fused-ring (bicyclic) bond motifs is 1. The molecule has 0 spiro atoms. The topological polar surface area (TPSA) is 130 Å². The first-order valence-corrected chi connectivity index (χ1v) is 8.65. The Hall–Kier alpha value is -2.46. The molecule has 0 amide bonds. The van der Waals surface area contributed by atoms with Crippen LogP contribution >= 0.6 is 0 Å². The van der Waals surface area contributed by atoms with Crippen molar-refractivity contribution in [1.29, 1.82) is 0 Å². The standard InChI is InChI=1S/C14H15N3O6S/c1-16-12(18)9-7-8(4-5-10(9)15-14(16)21)24(22,23)17-6-2-3-11(17)13(19)20/h4-5,7,11H,2-3,6H2,1H3,(H,15,21)(H,19,20)/t11-/m0/s1. The molecule has 1 atom stereocenters. The minimum Gasteiger partial charge on any atom is -0.480 e. The normalized spacial score (nSPS) is 19.0. The van der Waals surface area contributed by atoms with Crippen LogP contribution in [0.3, 0.4) is 0 Å². The summed E-state index contributed by atoms with van der Waals surface area (Å²) in [6.45, 7) is 0.112. The molecule has 1 saturated heterocycles. The van der Waals surface area contributed by atoms with Crippen LogP contribution in [0.25, 0.3) is 10.9 Å². The van der Waals surface area contributed by atoms with Crippen LogP contribution < -0.4 is 11.2 Å². The molecule has 0 saturated carbocycles. The number of aromatic nitrogens is 2. The van der Waals surface area contributed by atoms with E-state index >= 15 is 0 Å². The summed E-state index contributed by atoms with van der Waals surface area (Å²) in [6.07, 6.45) is 0.704. The van der Waals surface area contributed by atoms with Gasteiger partial charge in [0.1, 0.15) is 6.04 Å². The molecule has 0 bridgehead atoms. The quantitative estimate of drug-likeness (QED) is 0.763. The van der Waals surface area contributed by atoms with Gasteiger partial charge in [-0.1, -0.05) is 0 Å². The summed E-state index contributed by atoms with van der Waals surface area (Å²) in [4.78, 5) is 37.3. The smallest absolute Gasteiger partial charge is 0.328 e. The number of nitrogens with zero attached hydrogens (tertiary/aromatic N) is 2. The van der Waals surface area contributed by atoms with Crippen LogP contribution in [0.15, 0.2) is 32.7 Å².